The fraction of sp³-hybridized carbons (Fsp3) is 0.417. The van der Waals surface area contributed by atoms with Gasteiger partial charge in [0.2, 0.25) is 0 Å². The summed E-state index contributed by atoms with van der Waals surface area (Å²) >= 11 is 0. The van der Waals surface area contributed by atoms with Gasteiger partial charge in [0.05, 0.1) is 25.9 Å². The van der Waals surface area contributed by atoms with Crippen molar-refractivity contribution < 1.29 is 29.0 Å². The highest BCUT2D eigenvalue weighted by Crippen LogP contribution is 2.41. The molecule has 1 atom stereocenters. The van der Waals surface area contributed by atoms with Gasteiger partial charge in [-0.15, -0.1) is 5.10 Å². The molecule has 14 heteroatoms. The normalized spacial score (nSPS) is 12.9. The first kappa shape index (κ1) is 19.7. The van der Waals surface area contributed by atoms with E-state index in [0.29, 0.717) is 11.3 Å². The Kier molecular flexibility index (Phi) is 5.87. The van der Waals surface area contributed by atoms with Crippen LogP contribution in [0.25, 0.3) is 0 Å². The summed E-state index contributed by atoms with van der Waals surface area (Å²) in [4.78, 5) is 53.7. The molecule has 2 aromatic rings. The highest BCUT2D eigenvalue weighted by atomic mass is 31.2. The molecule has 0 aliphatic carbocycles. The number of carbonyl (C=O) groups is 1. The second-order valence-electron chi connectivity index (χ2n) is 5.32. The molecule has 0 aliphatic heterocycles. The van der Waals surface area contributed by atoms with Crippen molar-refractivity contribution in [2.45, 2.75) is 25.9 Å². The highest BCUT2D eigenvalue weighted by Gasteiger charge is 2.36. The third-order valence-electron chi connectivity index (χ3n) is 3.22. The number of carboxylic acid groups (broad SMARTS) is 1. The number of nitrogens with one attached hydrogen (secondary N) is 1. The molecule has 0 radical (unpaired) electrons. The molecule has 0 fully saturated rings. The van der Waals surface area contributed by atoms with Gasteiger partial charge < -0.3 is 19.6 Å². The molecule has 2 rings (SSSR count). The van der Waals surface area contributed by atoms with E-state index in [1.54, 1.807) is 6.92 Å². The van der Waals surface area contributed by atoms with E-state index >= 15 is 0 Å². The lowest BCUT2D eigenvalue weighted by Gasteiger charge is -2.14. The third-order valence-corrected chi connectivity index (χ3v) is 4.20. The molecule has 0 amide bonds. The van der Waals surface area contributed by atoms with Crippen LogP contribution in [0.1, 0.15) is 11.3 Å². The van der Waals surface area contributed by atoms with Gasteiger partial charge in [0.25, 0.3) is 11.4 Å². The lowest BCUT2D eigenvalue weighted by Crippen LogP contribution is -2.31. The molecule has 2 aromatic heterocycles. The largest absolute Gasteiger partial charge is 0.479 e. The van der Waals surface area contributed by atoms with Gasteiger partial charge in [-0.1, -0.05) is 5.21 Å². The molecular weight excluding hydrogens is 373 g/mol. The molecule has 4 N–H and O–H groups in total. The number of aromatic nitrogens is 5. The number of hydrogen-bond donors (Lipinski definition) is 4. The van der Waals surface area contributed by atoms with Gasteiger partial charge in [0.1, 0.15) is 5.69 Å². The van der Waals surface area contributed by atoms with Gasteiger partial charge in [0.15, 0.2) is 0 Å². The van der Waals surface area contributed by atoms with Crippen molar-refractivity contribution in [2.24, 2.45) is 0 Å². The first-order valence-electron chi connectivity index (χ1n) is 7.17. The smallest absolute Gasteiger partial charge is 0.365 e. The predicted octanol–water partition coefficient (Wildman–Crippen LogP) is -1.91. The Bertz CT molecular complexity index is 957. The second kappa shape index (κ2) is 7.74. The Morgan fingerprint density at radius 2 is 2.08 bits per heavy atom. The summed E-state index contributed by atoms with van der Waals surface area (Å²) in [6.07, 6.45) is 2.82. The van der Waals surface area contributed by atoms with Crippen LogP contribution < -0.4 is 11.2 Å². The van der Waals surface area contributed by atoms with E-state index in [1.807, 2.05) is 0 Å². The van der Waals surface area contributed by atoms with Crippen LogP contribution in [-0.4, -0.2) is 57.9 Å². The van der Waals surface area contributed by atoms with Crippen LogP contribution in [0.4, 0.5) is 0 Å². The summed E-state index contributed by atoms with van der Waals surface area (Å²) < 4.78 is 18.2. The Balaban J connectivity index is 1.99. The fourth-order valence-corrected chi connectivity index (χ4v) is 2.59. The summed E-state index contributed by atoms with van der Waals surface area (Å²) in [7, 11) is -4.94. The highest BCUT2D eigenvalue weighted by molar-refractivity contribution is 7.53. The molecule has 142 valence electrons. The van der Waals surface area contributed by atoms with Crippen LogP contribution in [0.2, 0.25) is 0 Å². The van der Waals surface area contributed by atoms with Crippen LogP contribution in [-0.2, 0) is 27.2 Å². The number of hydrogen-bond acceptors (Lipinski definition) is 7. The van der Waals surface area contributed by atoms with Crippen molar-refractivity contribution in [2.75, 3.05) is 6.61 Å². The summed E-state index contributed by atoms with van der Waals surface area (Å²) in [5, 5.41) is 16.3. The van der Waals surface area contributed by atoms with E-state index in [0.717, 1.165) is 0 Å². The van der Waals surface area contributed by atoms with Gasteiger partial charge in [-0.05, 0) is 6.92 Å². The van der Waals surface area contributed by atoms with Gasteiger partial charge in [-0.25, -0.2) is 14.3 Å². The Morgan fingerprint density at radius 1 is 1.38 bits per heavy atom. The Hall–Kier alpha value is -2.60. The predicted molar refractivity (Wildman–Crippen MR) is 84.6 cm³/mol. The summed E-state index contributed by atoms with van der Waals surface area (Å²) in [5.74, 6) is -4.03. The monoisotopic (exact) mass is 389 g/mol. The van der Waals surface area contributed by atoms with Crippen LogP contribution >= 0.6 is 7.60 Å². The van der Waals surface area contributed by atoms with Crippen molar-refractivity contribution in [1.82, 2.24) is 24.5 Å². The number of ether oxygens (including phenoxy) is 1. The van der Waals surface area contributed by atoms with Crippen LogP contribution in [0.5, 0.6) is 0 Å². The molecule has 0 bridgehead atoms. The molecular formula is C12H16N5O8P. The average molecular weight is 389 g/mol. The van der Waals surface area contributed by atoms with Crippen molar-refractivity contribution in [3.63, 3.8) is 0 Å². The van der Waals surface area contributed by atoms with E-state index in [9.17, 15) is 18.9 Å². The molecule has 0 saturated carbocycles. The number of nitrogens with zero attached hydrogens (tertiary/aromatic N) is 4. The lowest BCUT2D eigenvalue weighted by atomic mass is 10.4. The van der Waals surface area contributed by atoms with E-state index < -0.39 is 30.7 Å². The first-order valence-corrected chi connectivity index (χ1v) is 8.85. The van der Waals surface area contributed by atoms with Crippen molar-refractivity contribution >= 4 is 13.6 Å². The quantitative estimate of drug-likeness (QED) is 0.371. The van der Waals surface area contributed by atoms with E-state index in [-0.39, 0.29) is 19.7 Å². The zero-order valence-corrected chi connectivity index (χ0v) is 14.4. The van der Waals surface area contributed by atoms with E-state index in [2.05, 4.69) is 15.3 Å². The third kappa shape index (κ3) is 4.95. The second-order valence-corrected chi connectivity index (χ2v) is 6.97. The minimum Gasteiger partial charge on any atom is -0.479 e. The van der Waals surface area contributed by atoms with Gasteiger partial charge in [0, 0.05) is 11.8 Å². The molecule has 0 spiro atoms. The molecule has 0 aliphatic rings. The van der Waals surface area contributed by atoms with Crippen molar-refractivity contribution in [1.29, 1.82) is 0 Å². The number of rotatable bonds is 8. The molecule has 26 heavy (non-hydrogen) atoms. The van der Waals surface area contributed by atoms with Gasteiger partial charge >= 0.3 is 19.3 Å². The van der Waals surface area contributed by atoms with E-state index in [4.69, 9.17) is 19.6 Å². The van der Waals surface area contributed by atoms with Crippen LogP contribution in [0.3, 0.4) is 0 Å². The summed E-state index contributed by atoms with van der Waals surface area (Å²) in [6, 6.07) is 0. The Labute approximate surface area is 145 Å². The summed E-state index contributed by atoms with van der Waals surface area (Å²) in [5.41, 5.74) is -0.361. The minimum absolute atomic E-state index is 0.0175. The molecule has 0 aromatic carbocycles. The Morgan fingerprint density at radius 3 is 2.69 bits per heavy atom. The summed E-state index contributed by atoms with van der Waals surface area (Å²) in [6.45, 7) is 1.24. The molecule has 1 unspecified atom stereocenters. The molecule has 13 nitrogen and oxygen atoms in total. The zero-order valence-electron chi connectivity index (χ0n) is 13.5. The molecule has 0 saturated heterocycles. The maximum atomic E-state index is 11.7. The van der Waals surface area contributed by atoms with E-state index in [1.165, 1.54) is 21.6 Å². The SMILES string of the molecule is Cc1cn(Cc2cn(CCOC(C(=O)O)P(=O)(O)O)nn2)c(=O)[nH]c1=O. The number of aliphatic carboxylic acids is 1. The van der Waals surface area contributed by atoms with Gasteiger partial charge in [-0.2, -0.15) is 0 Å². The van der Waals surface area contributed by atoms with Crippen molar-refractivity contribution in [3.05, 3.63) is 44.5 Å². The first-order chi connectivity index (χ1) is 12.1. The topological polar surface area (TPSA) is 190 Å². The average Bonchev–Trinajstić information content (AvgIpc) is 2.95. The maximum absolute atomic E-state index is 11.7. The standard InChI is InChI=1S/C12H16N5O8P/c1-7-4-16(12(21)13-9(7)18)5-8-6-17(15-14-8)2-3-25-11(10(19)20)26(22,23)24/h4,6,11H,2-3,5H2,1H3,(H,19,20)(H,13,18,21)(H2,22,23,24). The van der Waals surface area contributed by atoms with Crippen LogP contribution in [0.15, 0.2) is 22.0 Å². The van der Waals surface area contributed by atoms with Crippen molar-refractivity contribution in [3.8, 4) is 0 Å². The van der Waals surface area contributed by atoms with Gasteiger partial charge in [-0.3, -0.25) is 18.9 Å². The zero-order chi connectivity index (χ0) is 19.5. The molecule has 2 heterocycles. The number of aryl methyl sites for hydroxylation is 1. The maximum Gasteiger partial charge on any atom is 0.365 e. The number of carboxylic acids is 1. The van der Waals surface area contributed by atoms with Crippen LogP contribution in [0, 0.1) is 6.92 Å². The minimum atomic E-state index is -4.94. The fourth-order valence-electron chi connectivity index (χ4n) is 2.00. The lowest BCUT2D eigenvalue weighted by molar-refractivity contribution is -0.146. The number of H-pyrrole nitrogens is 1. The number of aromatic amines is 1.